The molecule has 0 atom stereocenters. The summed E-state index contributed by atoms with van der Waals surface area (Å²) < 4.78 is 2.36. The number of phenolic OH excluding ortho intramolecular Hbond substituents is 1. The molecule has 0 unspecified atom stereocenters. The van der Waals surface area contributed by atoms with Crippen molar-refractivity contribution in [2.24, 2.45) is 5.73 Å². The lowest BCUT2D eigenvalue weighted by atomic mass is 10.0. The number of fused-ring (bicyclic) bond motifs is 1. The summed E-state index contributed by atoms with van der Waals surface area (Å²) in [5.41, 5.74) is 9.50. The zero-order valence-electron chi connectivity index (χ0n) is 11.9. The summed E-state index contributed by atoms with van der Waals surface area (Å²) in [6.45, 7) is 6.00. The minimum atomic E-state index is 0.383. The van der Waals surface area contributed by atoms with Gasteiger partial charge < -0.3 is 15.4 Å². The van der Waals surface area contributed by atoms with Crippen molar-refractivity contribution in [1.29, 1.82) is 0 Å². The molecule has 0 radical (unpaired) electrons. The van der Waals surface area contributed by atoms with E-state index in [1.807, 2.05) is 6.07 Å². The van der Waals surface area contributed by atoms with Crippen LogP contribution in [0.5, 0.6) is 5.75 Å². The summed E-state index contributed by atoms with van der Waals surface area (Å²) in [7, 11) is 0. The van der Waals surface area contributed by atoms with Gasteiger partial charge in [-0.2, -0.15) is 0 Å². The smallest absolute Gasteiger partial charge is 0.125 e. The monoisotopic (exact) mass is 260 g/mol. The third-order valence-electron chi connectivity index (χ3n) is 3.62. The van der Waals surface area contributed by atoms with Crippen LogP contribution in [0.3, 0.4) is 0 Å². The van der Waals surface area contributed by atoms with Crippen molar-refractivity contribution in [3.63, 3.8) is 0 Å². The minimum Gasteiger partial charge on any atom is -0.507 e. The van der Waals surface area contributed by atoms with Crippen molar-refractivity contribution in [3.05, 3.63) is 29.5 Å². The van der Waals surface area contributed by atoms with Gasteiger partial charge in [-0.1, -0.05) is 26.3 Å². The van der Waals surface area contributed by atoms with Crippen LogP contribution in [0.2, 0.25) is 0 Å². The van der Waals surface area contributed by atoms with Crippen LogP contribution in [0.1, 0.15) is 37.9 Å². The highest BCUT2D eigenvalue weighted by atomic mass is 16.3. The summed E-state index contributed by atoms with van der Waals surface area (Å²) in [4.78, 5) is 0. The maximum absolute atomic E-state index is 10.2. The van der Waals surface area contributed by atoms with Gasteiger partial charge in [-0.15, -0.1) is 0 Å². The summed E-state index contributed by atoms with van der Waals surface area (Å²) in [6.07, 6.45) is 4.08. The molecule has 0 amide bonds. The van der Waals surface area contributed by atoms with Crippen molar-refractivity contribution in [3.8, 4) is 5.75 Å². The molecule has 0 aliphatic heterocycles. The predicted octanol–water partition coefficient (Wildman–Crippen LogP) is 3.21. The molecular weight excluding hydrogens is 236 g/mol. The number of aromatic hydroxyl groups is 1. The van der Waals surface area contributed by atoms with Crippen molar-refractivity contribution in [1.82, 2.24) is 4.57 Å². The molecule has 0 bridgehead atoms. The van der Waals surface area contributed by atoms with Crippen LogP contribution in [0, 0.1) is 0 Å². The van der Waals surface area contributed by atoms with Crippen molar-refractivity contribution >= 4 is 10.9 Å². The Kier molecular flexibility index (Phi) is 4.48. The first-order valence-corrected chi connectivity index (χ1v) is 7.26. The SMILES string of the molecule is CCCc1c(CCN)c2c(O)cccc2n1CCC. The highest BCUT2D eigenvalue weighted by Gasteiger charge is 2.17. The van der Waals surface area contributed by atoms with Crippen LogP contribution in [0.25, 0.3) is 10.9 Å². The molecule has 3 N–H and O–H groups in total. The number of nitrogens with two attached hydrogens (primary N) is 1. The molecular formula is C16H24N2O. The number of nitrogens with zero attached hydrogens (tertiary/aromatic N) is 1. The van der Waals surface area contributed by atoms with E-state index in [2.05, 4.69) is 24.5 Å². The first kappa shape index (κ1) is 13.9. The van der Waals surface area contributed by atoms with E-state index in [4.69, 9.17) is 5.73 Å². The number of aromatic nitrogens is 1. The van der Waals surface area contributed by atoms with Crippen LogP contribution in [0.15, 0.2) is 18.2 Å². The van der Waals surface area contributed by atoms with Gasteiger partial charge in [-0.05, 0) is 43.5 Å². The van der Waals surface area contributed by atoms with Crippen LogP contribution in [-0.4, -0.2) is 16.2 Å². The van der Waals surface area contributed by atoms with Gasteiger partial charge in [0.05, 0.1) is 5.52 Å². The lowest BCUT2D eigenvalue weighted by Crippen LogP contribution is -2.08. The second kappa shape index (κ2) is 6.11. The largest absolute Gasteiger partial charge is 0.507 e. The highest BCUT2D eigenvalue weighted by molar-refractivity contribution is 5.91. The summed E-state index contributed by atoms with van der Waals surface area (Å²) in [6, 6.07) is 5.80. The fourth-order valence-electron chi connectivity index (χ4n) is 2.93. The number of rotatable bonds is 6. The number of benzene rings is 1. The summed E-state index contributed by atoms with van der Waals surface area (Å²) in [5.74, 6) is 0.383. The number of hydrogen-bond acceptors (Lipinski definition) is 2. The van der Waals surface area contributed by atoms with Gasteiger partial charge >= 0.3 is 0 Å². The number of hydrogen-bond donors (Lipinski definition) is 2. The Hall–Kier alpha value is -1.48. The molecule has 3 nitrogen and oxygen atoms in total. The maximum atomic E-state index is 10.2. The zero-order chi connectivity index (χ0) is 13.8. The van der Waals surface area contributed by atoms with E-state index in [0.29, 0.717) is 12.3 Å². The topological polar surface area (TPSA) is 51.2 Å². The molecule has 19 heavy (non-hydrogen) atoms. The molecule has 1 aromatic carbocycles. The lowest BCUT2D eigenvalue weighted by Gasteiger charge is -2.10. The fourth-order valence-corrected chi connectivity index (χ4v) is 2.93. The molecule has 1 aromatic heterocycles. The summed E-state index contributed by atoms with van der Waals surface area (Å²) in [5, 5.41) is 11.2. The van der Waals surface area contributed by atoms with Crippen molar-refractivity contribution in [2.75, 3.05) is 6.54 Å². The Bertz CT molecular complexity index is 557. The normalized spacial score (nSPS) is 11.3. The van der Waals surface area contributed by atoms with Crippen molar-refractivity contribution < 1.29 is 5.11 Å². The van der Waals surface area contributed by atoms with Gasteiger partial charge in [-0.25, -0.2) is 0 Å². The summed E-state index contributed by atoms with van der Waals surface area (Å²) >= 11 is 0. The maximum Gasteiger partial charge on any atom is 0.125 e. The molecule has 3 heteroatoms. The zero-order valence-corrected chi connectivity index (χ0v) is 11.9. The van der Waals surface area contributed by atoms with Gasteiger partial charge in [0.15, 0.2) is 0 Å². The molecule has 0 fully saturated rings. The first-order chi connectivity index (χ1) is 9.24. The van der Waals surface area contributed by atoms with E-state index in [1.165, 1.54) is 11.3 Å². The quantitative estimate of drug-likeness (QED) is 0.838. The van der Waals surface area contributed by atoms with Crippen LogP contribution < -0.4 is 5.73 Å². The lowest BCUT2D eigenvalue weighted by molar-refractivity contribution is 0.481. The van der Waals surface area contributed by atoms with Gasteiger partial charge in [0.1, 0.15) is 5.75 Å². The molecule has 0 saturated heterocycles. The molecule has 104 valence electrons. The Labute approximate surface area is 115 Å². The van der Waals surface area contributed by atoms with Crippen LogP contribution in [-0.2, 0) is 19.4 Å². The fraction of sp³-hybridized carbons (Fsp3) is 0.500. The molecule has 0 saturated carbocycles. The van der Waals surface area contributed by atoms with Gasteiger partial charge in [0.2, 0.25) is 0 Å². The Morgan fingerprint density at radius 1 is 1.16 bits per heavy atom. The van der Waals surface area contributed by atoms with E-state index in [9.17, 15) is 5.11 Å². The van der Waals surface area contributed by atoms with Gasteiger partial charge in [0.25, 0.3) is 0 Å². The van der Waals surface area contributed by atoms with E-state index in [0.717, 1.165) is 43.1 Å². The van der Waals surface area contributed by atoms with Crippen molar-refractivity contribution in [2.45, 2.75) is 46.1 Å². The third-order valence-corrected chi connectivity index (χ3v) is 3.62. The van der Waals surface area contributed by atoms with Gasteiger partial charge in [0, 0.05) is 17.6 Å². The first-order valence-electron chi connectivity index (χ1n) is 7.26. The van der Waals surface area contributed by atoms with Crippen LogP contribution >= 0.6 is 0 Å². The van der Waals surface area contributed by atoms with E-state index in [1.54, 1.807) is 6.07 Å². The molecule has 2 aromatic rings. The Morgan fingerprint density at radius 3 is 2.58 bits per heavy atom. The Balaban J connectivity index is 2.73. The highest BCUT2D eigenvalue weighted by Crippen LogP contribution is 2.34. The van der Waals surface area contributed by atoms with Gasteiger partial charge in [-0.3, -0.25) is 0 Å². The number of phenols is 1. The second-order valence-electron chi connectivity index (χ2n) is 5.04. The Morgan fingerprint density at radius 2 is 1.95 bits per heavy atom. The minimum absolute atomic E-state index is 0.383. The molecule has 0 spiro atoms. The molecule has 0 aliphatic carbocycles. The number of aryl methyl sites for hydroxylation is 1. The van der Waals surface area contributed by atoms with E-state index < -0.39 is 0 Å². The van der Waals surface area contributed by atoms with Crippen LogP contribution in [0.4, 0.5) is 0 Å². The molecule has 0 aliphatic rings. The third kappa shape index (κ3) is 2.47. The average molecular weight is 260 g/mol. The molecule has 1 heterocycles. The standard InChI is InChI=1S/C16H24N2O/c1-3-6-13-12(9-10-17)16-14(18(13)11-4-2)7-5-8-15(16)19/h5,7-8,19H,3-4,6,9-11,17H2,1-2H3. The van der Waals surface area contributed by atoms with E-state index in [-0.39, 0.29) is 0 Å². The predicted molar refractivity (Wildman–Crippen MR) is 80.6 cm³/mol. The van der Waals surface area contributed by atoms with E-state index >= 15 is 0 Å². The average Bonchev–Trinajstić information content (AvgIpc) is 2.68. The second-order valence-corrected chi connectivity index (χ2v) is 5.04. The molecule has 2 rings (SSSR count).